The Morgan fingerprint density at radius 1 is 1.52 bits per heavy atom. The fraction of sp³-hybridized carbons (Fsp3) is 0.667. The molecule has 5 nitrogen and oxygen atoms in total. The summed E-state index contributed by atoms with van der Waals surface area (Å²) in [4.78, 5) is 15.6. The molecule has 3 heterocycles. The van der Waals surface area contributed by atoms with Crippen LogP contribution in [-0.2, 0) is 9.53 Å². The van der Waals surface area contributed by atoms with E-state index in [0.717, 1.165) is 18.0 Å². The van der Waals surface area contributed by atoms with Gasteiger partial charge >= 0.3 is 0 Å². The normalized spacial score (nSPS) is 26.1. The van der Waals surface area contributed by atoms with Gasteiger partial charge in [-0.05, 0) is 11.4 Å². The van der Waals surface area contributed by atoms with Crippen molar-refractivity contribution in [1.29, 1.82) is 0 Å². The van der Waals surface area contributed by atoms with Gasteiger partial charge in [-0.25, -0.2) is 8.78 Å². The van der Waals surface area contributed by atoms with E-state index in [4.69, 9.17) is 4.74 Å². The van der Waals surface area contributed by atoms with E-state index >= 15 is 0 Å². The number of amides is 1. The zero-order chi connectivity index (χ0) is 16.3. The molecule has 2 atom stereocenters. The van der Waals surface area contributed by atoms with Gasteiger partial charge in [-0.2, -0.15) is 0 Å². The maximum Gasteiger partial charge on any atom is 0.262 e. The van der Waals surface area contributed by atoms with Gasteiger partial charge in [0.2, 0.25) is 5.91 Å². The molecule has 2 unspecified atom stereocenters. The zero-order valence-electron chi connectivity index (χ0n) is 12.8. The first-order valence-corrected chi connectivity index (χ1v) is 8.67. The zero-order valence-corrected chi connectivity index (χ0v) is 13.6. The average Bonchev–Trinajstić information content (AvgIpc) is 3.18. The fourth-order valence-corrected chi connectivity index (χ4v) is 3.86. The third-order valence-corrected chi connectivity index (χ3v) is 5.23. The number of nitrogens with one attached hydrogen (secondary N) is 2. The molecule has 3 rings (SSSR count). The van der Waals surface area contributed by atoms with Gasteiger partial charge in [0.25, 0.3) is 5.92 Å². The third-order valence-electron chi connectivity index (χ3n) is 4.25. The molecular weight excluding hydrogens is 324 g/mol. The summed E-state index contributed by atoms with van der Waals surface area (Å²) in [6.45, 7) is 2.95. The van der Waals surface area contributed by atoms with Crippen LogP contribution in [0.2, 0.25) is 0 Å². The molecule has 1 aromatic rings. The van der Waals surface area contributed by atoms with E-state index in [1.54, 1.807) is 11.3 Å². The first-order chi connectivity index (χ1) is 11.1. The smallest absolute Gasteiger partial charge is 0.262 e. The summed E-state index contributed by atoms with van der Waals surface area (Å²) in [6, 6.07) is 3.27. The second-order valence-corrected chi connectivity index (χ2v) is 6.90. The average molecular weight is 345 g/mol. The molecular formula is C15H21F2N3O2S. The second-order valence-electron chi connectivity index (χ2n) is 5.92. The summed E-state index contributed by atoms with van der Waals surface area (Å²) >= 11 is 1.64. The standard InChI is InChI=1S/C15H21F2N3O2S/c16-15(17)8-11(19-10-15)14(21)18-9-12(13-2-1-7-23-13)20-3-5-22-6-4-20/h1-2,7,11-12,19H,3-6,8-10H2,(H,18,21). The molecule has 2 N–H and O–H groups in total. The molecule has 2 saturated heterocycles. The van der Waals surface area contributed by atoms with Crippen molar-refractivity contribution >= 4 is 17.2 Å². The first kappa shape index (κ1) is 16.8. The van der Waals surface area contributed by atoms with E-state index in [1.807, 2.05) is 17.5 Å². The number of nitrogens with zero attached hydrogens (tertiary/aromatic N) is 1. The molecule has 0 bridgehead atoms. The van der Waals surface area contributed by atoms with Crippen molar-refractivity contribution in [3.05, 3.63) is 22.4 Å². The van der Waals surface area contributed by atoms with Crippen LogP contribution in [0.4, 0.5) is 8.78 Å². The van der Waals surface area contributed by atoms with Crippen LogP contribution in [0.15, 0.2) is 17.5 Å². The van der Waals surface area contributed by atoms with Crippen molar-refractivity contribution in [3.8, 4) is 0 Å². The number of alkyl halides is 2. The van der Waals surface area contributed by atoms with E-state index in [0.29, 0.717) is 19.8 Å². The van der Waals surface area contributed by atoms with Gasteiger partial charge in [-0.15, -0.1) is 11.3 Å². The molecule has 0 aliphatic carbocycles. The highest BCUT2D eigenvalue weighted by atomic mass is 32.1. The van der Waals surface area contributed by atoms with Crippen molar-refractivity contribution in [2.75, 3.05) is 39.4 Å². The molecule has 2 fully saturated rings. The number of carbonyl (C=O) groups is 1. The van der Waals surface area contributed by atoms with Crippen molar-refractivity contribution in [2.45, 2.75) is 24.4 Å². The molecule has 8 heteroatoms. The highest BCUT2D eigenvalue weighted by molar-refractivity contribution is 7.10. The largest absolute Gasteiger partial charge is 0.379 e. The highest BCUT2D eigenvalue weighted by Crippen LogP contribution is 2.27. The molecule has 0 radical (unpaired) electrons. The Bertz CT molecular complexity index is 521. The Morgan fingerprint density at radius 3 is 2.91 bits per heavy atom. The van der Waals surface area contributed by atoms with Crippen molar-refractivity contribution < 1.29 is 18.3 Å². The van der Waals surface area contributed by atoms with Crippen LogP contribution in [0.3, 0.4) is 0 Å². The number of halogens is 2. The van der Waals surface area contributed by atoms with Crippen LogP contribution in [-0.4, -0.2) is 62.2 Å². The summed E-state index contributed by atoms with van der Waals surface area (Å²) in [5.74, 6) is -3.14. The maximum absolute atomic E-state index is 13.2. The van der Waals surface area contributed by atoms with Crippen molar-refractivity contribution in [1.82, 2.24) is 15.5 Å². The van der Waals surface area contributed by atoms with Gasteiger partial charge < -0.3 is 10.1 Å². The monoisotopic (exact) mass is 345 g/mol. The van der Waals surface area contributed by atoms with Gasteiger partial charge in [-0.3, -0.25) is 15.0 Å². The number of thiophene rings is 1. The molecule has 0 aromatic carbocycles. The van der Waals surface area contributed by atoms with Crippen LogP contribution < -0.4 is 10.6 Å². The molecule has 0 spiro atoms. The molecule has 2 aliphatic rings. The first-order valence-electron chi connectivity index (χ1n) is 7.79. The Kier molecular flexibility index (Phi) is 5.25. The third kappa shape index (κ3) is 4.26. The maximum atomic E-state index is 13.2. The Morgan fingerprint density at radius 2 is 2.30 bits per heavy atom. The summed E-state index contributed by atoms with van der Waals surface area (Å²) in [7, 11) is 0. The minimum absolute atomic E-state index is 0.0600. The van der Waals surface area contributed by atoms with Gasteiger partial charge in [0.1, 0.15) is 0 Å². The van der Waals surface area contributed by atoms with E-state index < -0.39 is 24.9 Å². The minimum Gasteiger partial charge on any atom is -0.379 e. The van der Waals surface area contributed by atoms with Crippen LogP contribution in [0, 0.1) is 0 Å². The lowest BCUT2D eigenvalue weighted by Gasteiger charge is -2.34. The topological polar surface area (TPSA) is 53.6 Å². The van der Waals surface area contributed by atoms with E-state index in [1.165, 1.54) is 0 Å². The van der Waals surface area contributed by atoms with Crippen molar-refractivity contribution in [3.63, 3.8) is 0 Å². The van der Waals surface area contributed by atoms with Gasteiger partial charge in [-0.1, -0.05) is 6.07 Å². The molecule has 128 valence electrons. The predicted octanol–water partition coefficient (Wildman–Crippen LogP) is 1.23. The van der Waals surface area contributed by atoms with Crippen LogP contribution in [0.1, 0.15) is 17.3 Å². The summed E-state index contributed by atoms with van der Waals surface area (Å²) in [5, 5.41) is 7.43. The van der Waals surface area contributed by atoms with Gasteiger partial charge in [0.15, 0.2) is 0 Å². The number of carbonyl (C=O) groups excluding carboxylic acids is 1. The number of rotatable bonds is 5. The molecule has 1 amide bonds. The SMILES string of the molecule is O=C(NCC(c1cccs1)N1CCOCC1)C1CC(F)(F)CN1. The second kappa shape index (κ2) is 7.21. The van der Waals surface area contributed by atoms with Crippen LogP contribution >= 0.6 is 11.3 Å². The number of morpholine rings is 1. The summed E-state index contributed by atoms with van der Waals surface area (Å²) in [5.41, 5.74) is 0. The fourth-order valence-electron chi connectivity index (χ4n) is 3.00. The summed E-state index contributed by atoms with van der Waals surface area (Å²) < 4.78 is 31.8. The highest BCUT2D eigenvalue weighted by Gasteiger charge is 2.42. The van der Waals surface area contributed by atoms with E-state index in [9.17, 15) is 13.6 Å². The lowest BCUT2D eigenvalue weighted by Crippen LogP contribution is -2.46. The van der Waals surface area contributed by atoms with Crippen LogP contribution in [0.25, 0.3) is 0 Å². The van der Waals surface area contributed by atoms with Crippen LogP contribution in [0.5, 0.6) is 0 Å². The van der Waals surface area contributed by atoms with Gasteiger partial charge in [0.05, 0.1) is 31.8 Å². The van der Waals surface area contributed by atoms with Crippen molar-refractivity contribution in [2.24, 2.45) is 0 Å². The Hall–Kier alpha value is -1.09. The number of ether oxygens (including phenoxy) is 1. The number of hydrogen-bond acceptors (Lipinski definition) is 5. The van der Waals surface area contributed by atoms with Gasteiger partial charge in [0, 0.05) is 30.9 Å². The summed E-state index contributed by atoms with van der Waals surface area (Å²) in [6.07, 6.45) is -0.430. The molecule has 1 aromatic heterocycles. The lowest BCUT2D eigenvalue weighted by atomic mass is 10.1. The quantitative estimate of drug-likeness (QED) is 0.843. The Balaban J connectivity index is 1.59. The molecule has 2 aliphatic heterocycles. The van der Waals surface area contributed by atoms with E-state index in [-0.39, 0.29) is 11.9 Å². The minimum atomic E-state index is -2.79. The number of hydrogen-bond donors (Lipinski definition) is 2. The lowest BCUT2D eigenvalue weighted by molar-refractivity contribution is -0.123. The predicted molar refractivity (Wildman–Crippen MR) is 83.8 cm³/mol. The van der Waals surface area contributed by atoms with E-state index in [2.05, 4.69) is 15.5 Å². The molecule has 0 saturated carbocycles. The Labute approximate surface area is 138 Å². The molecule has 23 heavy (non-hydrogen) atoms.